The summed E-state index contributed by atoms with van der Waals surface area (Å²) in [4.78, 5) is 0. The third-order valence-corrected chi connectivity index (χ3v) is 4.96. The molecule has 21 heavy (non-hydrogen) atoms. The molecule has 112 valence electrons. The van der Waals surface area contributed by atoms with Gasteiger partial charge in [0.15, 0.2) is 0 Å². The van der Waals surface area contributed by atoms with Crippen LogP contribution >= 0.6 is 0 Å². The lowest BCUT2D eigenvalue weighted by Gasteiger charge is -2.37. The van der Waals surface area contributed by atoms with Gasteiger partial charge < -0.3 is 5.32 Å². The molecule has 1 N–H and O–H groups in total. The Balaban J connectivity index is 1.73. The van der Waals surface area contributed by atoms with Crippen molar-refractivity contribution in [1.82, 2.24) is 5.32 Å². The normalized spacial score (nSPS) is 23.1. The zero-order chi connectivity index (χ0) is 14.9. The molecule has 1 saturated carbocycles. The second kappa shape index (κ2) is 5.81. The van der Waals surface area contributed by atoms with Crippen LogP contribution in [0.15, 0.2) is 42.5 Å². The van der Waals surface area contributed by atoms with Crippen molar-refractivity contribution in [2.75, 3.05) is 0 Å². The molecule has 2 atom stereocenters. The lowest BCUT2D eigenvalue weighted by Crippen LogP contribution is -2.38. The van der Waals surface area contributed by atoms with Crippen molar-refractivity contribution in [3.63, 3.8) is 0 Å². The maximum atomic E-state index is 3.86. The molecule has 0 heterocycles. The molecule has 1 heteroatoms. The van der Waals surface area contributed by atoms with E-state index >= 15 is 0 Å². The predicted molar refractivity (Wildman–Crippen MR) is 91.5 cm³/mol. The van der Waals surface area contributed by atoms with E-state index in [1.54, 1.807) is 0 Å². The standard InChI is InChI=1S/C20H27N/c1-15(21-19-9-6-12-20(2,3)14-19)17-11-10-16-7-4-5-8-18(16)13-17/h4-5,7-8,10-11,13,15,19,21H,6,9,12,14H2,1-3H3. The third kappa shape index (κ3) is 3.47. The molecule has 1 fully saturated rings. The summed E-state index contributed by atoms with van der Waals surface area (Å²) in [5.74, 6) is 0. The first-order valence-electron chi connectivity index (χ1n) is 8.28. The first-order valence-corrected chi connectivity index (χ1v) is 8.28. The number of rotatable bonds is 3. The van der Waals surface area contributed by atoms with Gasteiger partial charge in [0.05, 0.1) is 0 Å². The van der Waals surface area contributed by atoms with Gasteiger partial charge in [-0.05, 0) is 54.0 Å². The molecule has 0 bridgehead atoms. The van der Waals surface area contributed by atoms with Gasteiger partial charge in [0.25, 0.3) is 0 Å². The summed E-state index contributed by atoms with van der Waals surface area (Å²) in [5.41, 5.74) is 1.90. The van der Waals surface area contributed by atoms with E-state index in [1.165, 1.54) is 42.0 Å². The molecule has 1 aliphatic rings. The van der Waals surface area contributed by atoms with E-state index in [9.17, 15) is 0 Å². The molecule has 3 rings (SSSR count). The molecule has 2 aromatic rings. The van der Waals surface area contributed by atoms with Gasteiger partial charge in [-0.15, -0.1) is 0 Å². The van der Waals surface area contributed by atoms with Crippen LogP contribution in [0.1, 0.15) is 58.1 Å². The minimum Gasteiger partial charge on any atom is -0.307 e. The number of hydrogen-bond acceptors (Lipinski definition) is 1. The van der Waals surface area contributed by atoms with Crippen LogP contribution in [0.4, 0.5) is 0 Å². The fourth-order valence-electron chi connectivity index (χ4n) is 3.77. The Bertz CT molecular complexity index is 614. The van der Waals surface area contributed by atoms with Crippen LogP contribution in [0.5, 0.6) is 0 Å². The van der Waals surface area contributed by atoms with E-state index in [1.807, 2.05) is 0 Å². The van der Waals surface area contributed by atoms with Gasteiger partial charge in [-0.3, -0.25) is 0 Å². The first-order chi connectivity index (χ1) is 10.0. The van der Waals surface area contributed by atoms with Crippen LogP contribution in [0.25, 0.3) is 10.8 Å². The zero-order valence-corrected chi connectivity index (χ0v) is 13.5. The molecule has 0 saturated heterocycles. The third-order valence-electron chi connectivity index (χ3n) is 4.96. The number of fused-ring (bicyclic) bond motifs is 1. The Kier molecular flexibility index (Phi) is 4.03. The van der Waals surface area contributed by atoms with E-state index in [0.29, 0.717) is 17.5 Å². The maximum absolute atomic E-state index is 3.86. The van der Waals surface area contributed by atoms with Crippen LogP contribution in [0.2, 0.25) is 0 Å². The number of nitrogens with one attached hydrogen (secondary N) is 1. The van der Waals surface area contributed by atoms with Crippen molar-refractivity contribution in [2.24, 2.45) is 5.41 Å². The fraction of sp³-hybridized carbons (Fsp3) is 0.500. The number of hydrogen-bond donors (Lipinski definition) is 1. The highest BCUT2D eigenvalue weighted by molar-refractivity contribution is 5.83. The van der Waals surface area contributed by atoms with Crippen molar-refractivity contribution in [3.8, 4) is 0 Å². The van der Waals surface area contributed by atoms with E-state index in [4.69, 9.17) is 0 Å². The summed E-state index contributed by atoms with van der Waals surface area (Å²) in [6.45, 7) is 7.11. The lowest BCUT2D eigenvalue weighted by atomic mass is 9.75. The molecule has 2 unspecified atom stereocenters. The number of benzene rings is 2. The van der Waals surface area contributed by atoms with Gasteiger partial charge in [0.1, 0.15) is 0 Å². The van der Waals surface area contributed by atoms with Crippen molar-refractivity contribution >= 4 is 10.8 Å². The summed E-state index contributed by atoms with van der Waals surface area (Å²) in [7, 11) is 0. The van der Waals surface area contributed by atoms with Crippen molar-refractivity contribution in [2.45, 2.75) is 58.5 Å². The summed E-state index contributed by atoms with van der Waals surface area (Å²) < 4.78 is 0. The Morgan fingerprint density at radius 3 is 2.62 bits per heavy atom. The summed E-state index contributed by atoms with van der Waals surface area (Å²) in [5, 5.41) is 6.52. The van der Waals surface area contributed by atoms with E-state index in [0.717, 1.165) is 0 Å². The second-order valence-electron chi connectivity index (χ2n) is 7.45. The summed E-state index contributed by atoms with van der Waals surface area (Å²) in [6.07, 6.45) is 5.34. The highest BCUT2D eigenvalue weighted by Gasteiger charge is 2.28. The monoisotopic (exact) mass is 281 g/mol. The van der Waals surface area contributed by atoms with E-state index in [-0.39, 0.29) is 0 Å². The minimum absolute atomic E-state index is 0.425. The quantitative estimate of drug-likeness (QED) is 0.787. The molecule has 0 spiro atoms. The van der Waals surface area contributed by atoms with Gasteiger partial charge in [-0.25, -0.2) is 0 Å². The van der Waals surface area contributed by atoms with Gasteiger partial charge in [-0.1, -0.05) is 56.7 Å². The molecule has 0 aromatic heterocycles. The fourth-order valence-corrected chi connectivity index (χ4v) is 3.77. The molecule has 0 aliphatic heterocycles. The maximum Gasteiger partial charge on any atom is 0.0294 e. The topological polar surface area (TPSA) is 12.0 Å². The lowest BCUT2D eigenvalue weighted by molar-refractivity contribution is 0.191. The van der Waals surface area contributed by atoms with E-state index in [2.05, 4.69) is 68.6 Å². The van der Waals surface area contributed by atoms with Crippen molar-refractivity contribution < 1.29 is 0 Å². The molecule has 0 radical (unpaired) electrons. The Morgan fingerprint density at radius 1 is 1.10 bits per heavy atom. The van der Waals surface area contributed by atoms with Crippen LogP contribution in [-0.2, 0) is 0 Å². The Labute approximate surface area is 128 Å². The van der Waals surface area contributed by atoms with Gasteiger partial charge >= 0.3 is 0 Å². The average molecular weight is 281 g/mol. The van der Waals surface area contributed by atoms with E-state index < -0.39 is 0 Å². The van der Waals surface area contributed by atoms with Crippen LogP contribution in [0, 0.1) is 5.41 Å². The summed E-state index contributed by atoms with van der Waals surface area (Å²) in [6, 6.07) is 16.5. The zero-order valence-electron chi connectivity index (χ0n) is 13.5. The van der Waals surface area contributed by atoms with Crippen LogP contribution in [0.3, 0.4) is 0 Å². The molecule has 1 aliphatic carbocycles. The molecule has 0 amide bonds. The smallest absolute Gasteiger partial charge is 0.0294 e. The Morgan fingerprint density at radius 2 is 1.86 bits per heavy atom. The summed E-state index contributed by atoms with van der Waals surface area (Å²) >= 11 is 0. The van der Waals surface area contributed by atoms with Gasteiger partial charge in [-0.2, -0.15) is 0 Å². The van der Waals surface area contributed by atoms with Crippen LogP contribution in [-0.4, -0.2) is 6.04 Å². The SMILES string of the molecule is CC(NC1CCCC(C)(C)C1)c1ccc2ccccc2c1. The van der Waals surface area contributed by atoms with Gasteiger partial charge in [0.2, 0.25) is 0 Å². The van der Waals surface area contributed by atoms with Crippen molar-refractivity contribution in [3.05, 3.63) is 48.0 Å². The van der Waals surface area contributed by atoms with Crippen LogP contribution < -0.4 is 5.32 Å². The largest absolute Gasteiger partial charge is 0.307 e. The molecule has 1 nitrogen and oxygen atoms in total. The average Bonchev–Trinajstić information content (AvgIpc) is 2.45. The molecular formula is C20H27N. The first kappa shape index (κ1) is 14.6. The highest BCUT2D eigenvalue weighted by Crippen LogP contribution is 2.36. The minimum atomic E-state index is 0.425. The highest BCUT2D eigenvalue weighted by atomic mass is 14.9. The predicted octanol–water partition coefficient (Wildman–Crippen LogP) is 5.46. The molecule has 2 aromatic carbocycles. The van der Waals surface area contributed by atoms with Crippen molar-refractivity contribution in [1.29, 1.82) is 0 Å². The Hall–Kier alpha value is -1.34. The van der Waals surface area contributed by atoms with Gasteiger partial charge in [0, 0.05) is 12.1 Å². The second-order valence-corrected chi connectivity index (χ2v) is 7.45. The molecular weight excluding hydrogens is 254 g/mol.